The third-order valence-electron chi connectivity index (χ3n) is 2.44. The van der Waals surface area contributed by atoms with Crippen LogP contribution < -0.4 is 5.01 Å². The molecule has 5 heteroatoms. The topological polar surface area (TPSA) is 43.9 Å². The monoisotopic (exact) mass is 249 g/mol. The highest BCUT2D eigenvalue weighted by Gasteiger charge is 2.22. The first kappa shape index (κ1) is 14.2. The van der Waals surface area contributed by atoms with Gasteiger partial charge in [-0.05, 0) is 26.2 Å². The average Bonchev–Trinajstić information content (AvgIpc) is 2.29. The summed E-state index contributed by atoms with van der Waals surface area (Å²) in [6.45, 7) is 1.67. The fourth-order valence-corrected chi connectivity index (χ4v) is 1.53. The second-order valence-electron chi connectivity index (χ2n) is 4.32. The van der Waals surface area contributed by atoms with Crippen LogP contribution in [-0.4, -0.2) is 49.4 Å². The van der Waals surface area contributed by atoms with E-state index in [4.69, 9.17) is 0 Å². The normalized spacial score (nSPS) is 10.3. The molecule has 0 aliphatic rings. The minimum Gasteiger partial charge on any atom is -0.301 e. The summed E-state index contributed by atoms with van der Waals surface area (Å²) in [4.78, 5) is 25.4. The Hall–Kier alpha value is -1.88. The van der Waals surface area contributed by atoms with E-state index in [0.29, 0.717) is 5.69 Å². The van der Waals surface area contributed by atoms with Crippen molar-refractivity contribution in [3.63, 3.8) is 0 Å². The number of hydrazine groups is 1. The minimum atomic E-state index is -0.189. The van der Waals surface area contributed by atoms with E-state index < -0.39 is 0 Å². The number of likely N-dealkylation sites (N-methyl/N-ethyl adjacent to an activating group) is 1. The fourth-order valence-electron chi connectivity index (χ4n) is 1.53. The second kappa shape index (κ2) is 6.16. The Bertz CT molecular complexity index is 418. The highest BCUT2D eigenvalue weighted by Crippen LogP contribution is 2.15. The molecule has 0 fully saturated rings. The number of benzene rings is 1. The van der Waals surface area contributed by atoms with Crippen molar-refractivity contribution in [3.8, 4) is 0 Å². The van der Waals surface area contributed by atoms with Gasteiger partial charge in [0, 0.05) is 14.0 Å². The number of anilines is 1. The van der Waals surface area contributed by atoms with Crippen LogP contribution in [0.3, 0.4) is 0 Å². The summed E-state index contributed by atoms with van der Waals surface area (Å²) in [7, 11) is 5.21. The smallest absolute Gasteiger partial charge is 0.260 e. The first-order chi connectivity index (χ1) is 8.43. The first-order valence-corrected chi connectivity index (χ1v) is 5.70. The summed E-state index contributed by atoms with van der Waals surface area (Å²) in [6, 6.07) is 9.13. The maximum Gasteiger partial charge on any atom is 0.260 e. The molecule has 0 N–H and O–H groups in total. The molecule has 1 aromatic carbocycles. The van der Waals surface area contributed by atoms with E-state index in [1.165, 1.54) is 16.9 Å². The number of para-hydroxylation sites is 1. The van der Waals surface area contributed by atoms with Crippen molar-refractivity contribution in [2.24, 2.45) is 0 Å². The molecule has 0 saturated heterocycles. The van der Waals surface area contributed by atoms with Crippen molar-refractivity contribution in [2.75, 3.05) is 32.7 Å². The van der Waals surface area contributed by atoms with E-state index in [1.807, 2.05) is 32.3 Å². The van der Waals surface area contributed by atoms with Crippen LogP contribution in [-0.2, 0) is 9.59 Å². The highest BCUT2D eigenvalue weighted by molar-refractivity contribution is 5.97. The van der Waals surface area contributed by atoms with Gasteiger partial charge in [-0.15, -0.1) is 0 Å². The summed E-state index contributed by atoms with van der Waals surface area (Å²) < 4.78 is 0. The zero-order valence-electron chi connectivity index (χ0n) is 11.3. The number of rotatable bonds is 3. The van der Waals surface area contributed by atoms with Gasteiger partial charge >= 0.3 is 0 Å². The lowest BCUT2D eigenvalue weighted by molar-refractivity contribution is -0.134. The van der Waals surface area contributed by atoms with Gasteiger partial charge in [0.05, 0.1) is 12.2 Å². The molecule has 2 amide bonds. The van der Waals surface area contributed by atoms with Gasteiger partial charge in [-0.2, -0.15) is 0 Å². The molecule has 0 aliphatic heterocycles. The fraction of sp³-hybridized carbons (Fsp3) is 0.385. The molecule has 0 bridgehead atoms. The first-order valence-electron chi connectivity index (χ1n) is 5.70. The van der Waals surface area contributed by atoms with Crippen molar-refractivity contribution in [2.45, 2.75) is 6.92 Å². The Kier molecular flexibility index (Phi) is 4.85. The SMILES string of the molecule is CC(=O)N(C)N(C(=O)CN(C)C)c1ccccc1. The molecule has 0 spiro atoms. The van der Waals surface area contributed by atoms with E-state index >= 15 is 0 Å². The number of nitrogens with zero attached hydrogens (tertiary/aromatic N) is 3. The van der Waals surface area contributed by atoms with Crippen LogP contribution in [0.15, 0.2) is 30.3 Å². The third-order valence-corrected chi connectivity index (χ3v) is 2.44. The minimum absolute atomic E-state index is 0.149. The lowest BCUT2D eigenvalue weighted by atomic mass is 10.3. The highest BCUT2D eigenvalue weighted by atomic mass is 16.2. The van der Waals surface area contributed by atoms with Crippen molar-refractivity contribution in [1.82, 2.24) is 9.91 Å². The number of carbonyl (C=O) groups is 2. The molecule has 1 rings (SSSR count). The van der Waals surface area contributed by atoms with Gasteiger partial charge in [0.1, 0.15) is 0 Å². The maximum atomic E-state index is 12.2. The molecular formula is C13H19N3O2. The van der Waals surface area contributed by atoms with Gasteiger partial charge < -0.3 is 4.90 Å². The van der Waals surface area contributed by atoms with Gasteiger partial charge in [-0.3, -0.25) is 14.6 Å². The molecule has 0 aromatic heterocycles. The van der Waals surface area contributed by atoms with Gasteiger partial charge in [-0.1, -0.05) is 18.2 Å². The molecule has 0 aliphatic carbocycles. The van der Waals surface area contributed by atoms with Gasteiger partial charge in [0.15, 0.2) is 0 Å². The van der Waals surface area contributed by atoms with Gasteiger partial charge in [0.25, 0.3) is 5.91 Å². The van der Waals surface area contributed by atoms with Crippen molar-refractivity contribution < 1.29 is 9.59 Å². The zero-order valence-corrected chi connectivity index (χ0v) is 11.3. The van der Waals surface area contributed by atoms with Crippen molar-refractivity contribution in [1.29, 1.82) is 0 Å². The summed E-state index contributed by atoms with van der Waals surface area (Å²) in [5, 5.41) is 2.71. The Morgan fingerprint density at radius 1 is 1.06 bits per heavy atom. The lowest BCUT2D eigenvalue weighted by Gasteiger charge is -2.31. The zero-order chi connectivity index (χ0) is 13.7. The van der Waals surface area contributed by atoms with Crippen molar-refractivity contribution >= 4 is 17.5 Å². The van der Waals surface area contributed by atoms with Gasteiger partial charge in [-0.25, -0.2) is 5.01 Å². The van der Waals surface area contributed by atoms with Crippen LogP contribution in [0.2, 0.25) is 0 Å². The Labute approximate surface area is 108 Å². The molecule has 0 radical (unpaired) electrons. The molecule has 0 atom stereocenters. The lowest BCUT2D eigenvalue weighted by Crippen LogP contribution is -2.49. The Morgan fingerprint density at radius 2 is 1.61 bits per heavy atom. The third kappa shape index (κ3) is 3.56. The summed E-state index contributed by atoms with van der Waals surface area (Å²) in [6.07, 6.45) is 0. The molecule has 1 aromatic rings. The number of carbonyl (C=O) groups excluding carboxylic acids is 2. The Morgan fingerprint density at radius 3 is 2.06 bits per heavy atom. The van der Waals surface area contributed by atoms with Crippen molar-refractivity contribution in [3.05, 3.63) is 30.3 Å². The van der Waals surface area contributed by atoms with Crippen LogP contribution >= 0.6 is 0 Å². The summed E-state index contributed by atoms with van der Waals surface area (Å²) in [5.41, 5.74) is 0.682. The van der Waals surface area contributed by atoms with Crippen LogP contribution in [0.5, 0.6) is 0 Å². The van der Waals surface area contributed by atoms with Crippen LogP contribution in [0, 0.1) is 0 Å². The number of hydrogen-bond acceptors (Lipinski definition) is 3. The molecule has 98 valence electrons. The molecule has 18 heavy (non-hydrogen) atoms. The van der Waals surface area contributed by atoms with E-state index in [2.05, 4.69) is 0 Å². The largest absolute Gasteiger partial charge is 0.301 e. The molecular weight excluding hydrogens is 230 g/mol. The van der Waals surface area contributed by atoms with Gasteiger partial charge in [0.2, 0.25) is 5.91 Å². The van der Waals surface area contributed by atoms with E-state index in [1.54, 1.807) is 24.1 Å². The predicted octanol–water partition coefficient (Wildman–Crippen LogP) is 0.974. The average molecular weight is 249 g/mol. The van der Waals surface area contributed by atoms with Crippen LogP contribution in [0.4, 0.5) is 5.69 Å². The molecule has 0 saturated carbocycles. The summed E-state index contributed by atoms with van der Waals surface area (Å²) in [5.74, 6) is -0.338. The van der Waals surface area contributed by atoms with E-state index in [9.17, 15) is 9.59 Å². The molecule has 0 heterocycles. The summed E-state index contributed by atoms with van der Waals surface area (Å²) >= 11 is 0. The molecule has 5 nitrogen and oxygen atoms in total. The quantitative estimate of drug-likeness (QED) is 0.750. The van der Waals surface area contributed by atoms with E-state index in [-0.39, 0.29) is 18.4 Å². The van der Waals surface area contributed by atoms with E-state index in [0.717, 1.165) is 0 Å². The number of amides is 2. The maximum absolute atomic E-state index is 12.2. The van der Waals surface area contributed by atoms with Crippen LogP contribution in [0.25, 0.3) is 0 Å². The Balaban J connectivity index is 3.03. The predicted molar refractivity (Wildman–Crippen MR) is 70.9 cm³/mol. The second-order valence-corrected chi connectivity index (χ2v) is 4.32. The molecule has 0 unspecified atom stereocenters. The standard InChI is InChI=1S/C13H19N3O2/c1-11(17)15(4)16(13(18)10-14(2)3)12-8-6-5-7-9-12/h5-9H,10H2,1-4H3. The van der Waals surface area contributed by atoms with Crippen LogP contribution in [0.1, 0.15) is 6.92 Å². The number of hydrogen-bond donors (Lipinski definition) is 0.